The quantitative estimate of drug-likeness (QED) is 0.355. The van der Waals surface area contributed by atoms with E-state index in [4.69, 9.17) is 0 Å². The highest BCUT2D eigenvalue weighted by Crippen LogP contribution is 2.29. The normalized spacial score (nSPS) is 10.4. The molecule has 0 aliphatic heterocycles. The Hall–Kier alpha value is -2.14. The predicted molar refractivity (Wildman–Crippen MR) is 83.8 cm³/mol. The van der Waals surface area contributed by atoms with E-state index in [2.05, 4.69) is 6.07 Å². The maximum absolute atomic E-state index is 11.5. The number of ketones is 1. The zero-order valence-electron chi connectivity index (χ0n) is 11.8. The van der Waals surface area contributed by atoms with Crippen LogP contribution in [0.15, 0.2) is 47.4 Å². The fraction of sp³-hybridized carbons (Fsp3) is 0.188. The predicted octanol–water partition coefficient (Wildman–Crippen LogP) is 4.40. The van der Waals surface area contributed by atoms with Crippen LogP contribution in [-0.2, 0) is 5.75 Å². The van der Waals surface area contributed by atoms with Crippen LogP contribution in [0.25, 0.3) is 0 Å². The fourth-order valence-electron chi connectivity index (χ4n) is 1.98. The summed E-state index contributed by atoms with van der Waals surface area (Å²) in [6.07, 6.45) is 0. The molecule has 4 nitrogen and oxygen atoms in total. The maximum Gasteiger partial charge on any atom is 0.280 e. The smallest absolute Gasteiger partial charge is 0.280 e. The first-order chi connectivity index (χ1) is 9.99. The largest absolute Gasteiger partial charge is 0.294 e. The minimum absolute atomic E-state index is 0.136. The van der Waals surface area contributed by atoms with Crippen molar-refractivity contribution in [1.29, 1.82) is 0 Å². The van der Waals surface area contributed by atoms with Gasteiger partial charge in [-0.3, -0.25) is 14.9 Å². The van der Waals surface area contributed by atoms with Gasteiger partial charge in [0.2, 0.25) is 0 Å². The molecule has 21 heavy (non-hydrogen) atoms. The number of nitro benzene ring substituents is 1. The Kier molecular flexibility index (Phi) is 4.75. The van der Waals surface area contributed by atoms with Crippen LogP contribution < -0.4 is 0 Å². The molecule has 108 valence electrons. The van der Waals surface area contributed by atoms with Gasteiger partial charge >= 0.3 is 0 Å². The highest BCUT2D eigenvalue weighted by molar-refractivity contribution is 7.98. The lowest BCUT2D eigenvalue weighted by molar-refractivity contribution is -0.385. The van der Waals surface area contributed by atoms with Crippen molar-refractivity contribution in [3.63, 3.8) is 0 Å². The van der Waals surface area contributed by atoms with Crippen molar-refractivity contribution in [2.75, 3.05) is 0 Å². The van der Waals surface area contributed by atoms with Crippen LogP contribution in [0.5, 0.6) is 0 Å². The Balaban J connectivity index is 2.22. The summed E-state index contributed by atoms with van der Waals surface area (Å²) in [6, 6.07) is 12.8. The molecule has 0 aliphatic rings. The van der Waals surface area contributed by atoms with Crippen molar-refractivity contribution in [3.8, 4) is 0 Å². The number of nitro groups is 1. The first kappa shape index (κ1) is 15.3. The third-order valence-corrected chi connectivity index (χ3v) is 4.24. The Bertz CT molecular complexity index is 698. The maximum atomic E-state index is 11.5. The average molecular weight is 301 g/mol. The molecule has 0 fully saturated rings. The Morgan fingerprint density at radius 1 is 1.24 bits per heavy atom. The summed E-state index contributed by atoms with van der Waals surface area (Å²) in [5.74, 6) is 0.474. The van der Waals surface area contributed by atoms with Crippen LogP contribution in [-0.4, -0.2) is 10.7 Å². The van der Waals surface area contributed by atoms with Gasteiger partial charge in [0, 0.05) is 16.7 Å². The summed E-state index contributed by atoms with van der Waals surface area (Å²) in [6.45, 7) is 3.39. The lowest BCUT2D eigenvalue weighted by Gasteiger charge is -2.06. The van der Waals surface area contributed by atoms with Gasteiger partial charge < -0.3 is 0 Å². The summed E-state index contributed by atoms with van der Waals surface area (Å²) in [5.41, 5.74) is 2.45. The van der Waals surface area contributed by atoms with Gasteiger partial charge in [-0.25, -0.2) is 0 Å². The van der Waals surface area contributed by atoms with Crippen LogP contribution >= 0.6 is 11.8 Å². The number of nitrogens with zero attached hydrogens (tertiary/aromatic N) is 1. The average Bonchev–Trinajstić information content (AvgIpc) is 2.46. The molecule has 0 amide bonds. The van der Waals surface area contributed by atoms with Crippen LogP contribution in [0.3, 0.4) is 0 Å². The molecular weight excluding hydrogens is 286 g/mol. The molecule has 0 saturated carbocycles. The number of carbonyl (C=O) groups is 1. The lowest BCUT2D eigenvalue weighted by atomic mass is 10.1. The van der Waals surface area contributed by atoms with Crippen molar-refractivity contribution in [1.82, 2.24) is 0 Å². The van der Waals surface area contributed by atoms with E-state index in [1.54, 1.807) is 23.9 Å². The third-order valence-electron chi connectivity index (χ3n) is 3.20. The molecule has 2 rings (SSSR count). The minimum Gasteiger partial charge on any atom is -0.294 e. The number of benzene rings is 2. The summed E-state index contributed by atoms with van der Waals surface area (Å²) in [7, 11) is 0. The standard InChI is InChI=1S/C16H15NO3S/c1-11-5-3-4-6-13(11)10-21-14-7-8-16(17(19)20)15(9-14)12(2)18/h3-9H,10H2,1-2H3. The van der Waals surface area contributed by atoms with Crippen LogP contribution in [0.2, 0.25) is 0 Å². The summed E-state index contributed by atoms with van der Waals surface area (Å²) in [4.78, 5) is 22.8. The molecule has 2 aromatic carbocycles. The lowest BCUT2D eigenvalue weighted by Crippen LogP contribution is -2.00. The molecule has 2 aromatic rings. The monoisotopic (exact) mass is 301 g/mol. The molecule has 0 aliphatic carbocycles. The second-order valence-corrected chi connectivity index (χ2v) is 5.76. The van der Waals surface area contributed by atoms with E-state index in [1.165, 1.54) is 24.1 Å². The first-order valence-corrected chi connectivity index (χ1v) is 7.44. The first-order valence-electron chi connectivity index (χ1n) is 6.45. The molecular formula is C16H15NO3S. The van der Waals surface area contributed by atoms with Crippen LogP contribution in [0.1, 0.15) is 28.4 Å². The van der Waals surface area contributed by atoms with E-state index in [9.17, 15) is 14.9 Å². The van der Waals surface area contributed by atoms with Crippen molar-refractivity contribution in [2.45, 2.75) is 24.5 Å². The topological polar surface area (TPSA) is 60.2 Å². The van der Waals surface area contributed by atoms with E-state index >= 15 is 0 Å². The van der Waals surface area contributed by atoms with Gasteiger partial charge in [0.15, 0.2) is 5.78 Å². The Labute approximate surface area is 127 Å². The van der Waals surface area contributed by atoms with Gasteiger partial charge in [-0.15, -0.1) is 11.8 Å². The van der Waals surface area contributed by atoms with Gasteiger partial charge in [-0.2, -0.15) is 0 Å². The van der Waals surface area contributed by atoms with Gasteiger partial charge in [0.1, 0.15) is 0 Å². The van der Waals surface area contributed by atoms with Crippen LogP contribution in [0, 0.1) is 17.0 Å². The highest BCUT2D eigenvalue weighted by Gasteiger charge is 2.17. The van der Waals surface area contributed by atoms with Gasteiger partial charge in [0.05, 0.1) is 10.5 Å². The van der Waals surface area contributed by atoms with Gasteiger partial charge in [-0.1, -0.05) is 24.3 Å². The molecule has 0 aromatic heterocycles. The van der Waals surface area contributed by atoms with Crippen molar-refractivity contribution < 1.29 is 9.72 Å². The van der Waals surface area contributed by atoms with E-state index in [-0.39, 0.29) is 17.0 Å². The molecule has 0 unspecified atom stereocenters. The molecule has 0 spiro atoms. The van der Waals surface area contributed by atoms with Crippen molar-refractivity contribution in [3.05, 3.63) is 69.3 Å². The minimum atomic E-state index is -0.521. The number of aryl methyl sites for hydroxylation is 1. The van der Waals surface area contributed by atoms with E-state index < -0.39 is 4.92 Å². The van der Waals surface area contributed by atoms with E-state index in [1.807, 2.05) is 25.1 Å². The number of Topliss-reactive ketones (excluding diaryl/α,β-unsaturated/α-hetero) is 1. The Morgan fingerprint density at radius 2 is 1.95 bits per heavy atom. The zero-order valence-corrected chi connectivity index (χ0v) is 12.6. The van der Waals surface area contributed by atoms with Gasteiger partial charge in [-0.05, 0) is 37.1 Å². The molecule has 5 heteroatoms. The molecule has 0 heterocycles. The van der Waals surface area contributed by atoms with Gasteiger partial charge in [0.25, 0.3) is 5.69 Å². The number of hydrogen-bond acceptors (Lipinski definition) is 4. The number of rotatable bonds is 5. The van der Waals surface area contributed by atoms with Crippen molar-refractivity contribution in [2.24, 2.45) is 0 Å². The Morgan fingerprint density at radius 3 is 2.57 bits per heavy atom. The second-order valence-electron chi connectivity index (χ2n) is 4.71. The summed E-state index contributed by atoms with van der Waals surface area (Å²) >= 11 is 1.56. The third kappa shape index (κ3) is 3.70. The molecule has 0 radical (unpaired) electrons. The highest BCUT2D eigenvalue weighted by atomic mass is 32.2. The number of thioether (sulfide) groups is 1. The number of carbonyl (C=O) groups excluding carboxylic acids is 1. The molecule has 0 atom stereocenters. The second kappa shape index (κ2) is 6.54. The zero-order chi connectivity index (χ0) is 15.4. The molecule has 0 saturated heterocycles. The summed E-state index contributed by atoms with van der Waals surface area (Å²) < 4.78 is 0. The van der Waals surface area contributed by atoms with Crippen molar-refractivity contribution >= 4 is 23.2 Å². The fourth-order valence-corrected chi connectivity index (χ4v) is 2.99. The summed E-state index contributed by atoms with van der Waals surface area (Å²) in [5, 5.41) is 10.9. The number of hydrogen-bond donors (Lipinski definition) is 0. The van der Waals surface area contributed by atoms with E-state index in [0.29, 0.717) is 0 Å². The van der Waals surface area contributed by atoms with E-state index in [0.717, 1.165) is 10.6 Å². The molecule has 0 bridgehead atoms. The SMILES string of the molecule is CC(=O)c1cc(SCc2ccccc2C)ccc1[N+](=O)[O-]. The molecule has 0 N–H and O–H groups in total. The van der Waals surface area contributed by atoms with Crippen LogP contribution in [0.4, 0.5) is 5.69 Å².